The maximum atomic E-state index is 5.98. The van der Waals surface area contributed by atoms with Gasteiger partial charge in [0, 0.05) is 30.0 Å². The normalized spacial score (nSPS) is 12.9. The largest absolute Gasteiger partial charge is 0.341 e. The van der Waals surface area contributed by atoms with Crippen molar-refractivity contribution in [2.45, 2.75) is 33.0 Å². The SMILES string of the molecule is Cc1nccn1C[C@@H](C)NCc1nc2ccc(Cl)cc2[nH]1. The van der Waals surface area contributed by atoms with Gasteiger partial charge >= 0.3 is 0 Å². The maximum absolute atomic E-state index is 5.98. The van der Waals surface area contributed by atoms with Gasteiger partial charge in [-0.05, 0) is 32.0 Å². The number of aromatic amines is 1. The van der Waals surface area contributed by atoms with Crippen molar-refractivity contribution in [1.29, 1.82) is 0 Å². The maximum Gasteiger partial charge on any atom is 0.121 e. The molecule has 21 heavy (non-hydrogen) atoms. The molecule has 2 aromatic heterocycles. The van der Waals surface area contributed by atoms with Gasteiger partial charge in [0.1, 0.15) is 11.6 Å². The molecule has 1 aromatic carbocycles. The minimum Gasteiger partial charge on any atom is -0.341 e. The van der Waals surface area contributed by atoms with Gasteiger partial charge in [-0.3, -0.25) is 0 Å². The van der Waals surface area contributed by atoms with Crippen LogP contribution in [0.15, 0.2) is 30.6 Å². The first-order valence-electron chi connectivity index (χ1n) is 6.97. The molecular weight excluding hydrogens is 286 g/mol. The number of aromatic nitrogens is 4. The summed E-state index contributed by atoms with van der Waals surface area (Å²) in [4.78, 5) is 12.1. The second kappa shape index (κ2) is 5.87. The van der Waals surface area contributed by atoms with Crippen molar-refractivity contribution in [1.82, 2.24) is 24.8 Å². The Labute approximate surface area is 128 Å². The number of nitrogens with zero attached hydrogens (tertiary/aromatic N) is 3. The third-order valence-corrected chi connectivity index (χ3v) is 3.74. The Hall–Kier alpha value is -1.85. The van der Waals surface area contributed by atoms with Crippen LogP contribution >= 0.6 is 11.6 Å². The smallest absolute Gasteiger partial charge is 0.121 e. The second-order valence-corrected chi connectivity index (χ2v) is 5.69. The van der Waals surface area contributed by atoms with Gasteiger partial charge in [-0.2, -0.15) is 0 Å². The fourth-order valence-corrected chi connectivity index (χ4v) is 2.52. The number of rotatable bonds is 5. The predicted octanol–water partition coefficient (Wildman–Crippen LogP) is 2.90. The van der Waals surface area contributed by atoms with Crippen LogP contribution in [-0.2, 0) is 13.1 Å². The Morgan fingerprint density at radius 2 is 2.29 bits per heavy atom. The Balaban J connectivity index is 1.62. The molecule has 0 unspecified atom stereocenters. The lowest BCUT2D eigenvalue weighted by molar-refractivity contribution is 0.466. The quantitative estimate of drug-likeness (QED) is 0.762. The number of benzene rings is 1. The molecule has 0 saturated carbocycles. The average molecular weight is 304 g/mol. The van der Waals surface area contributed by atoms with Crippen molar-refractivity contribution in [2.75, 3.05) is 0 Å². The number of H-pyrrole nitrogens is 1. The molecule has 3 rings (SSSR count). The van der Waals surface area contributed by atoms with Crippen molar-refractivity contribution < 1.29 is 0 Å². The van der Waals surface area contributed by atoms with E-state index in [1.807, 2.05) is 37.5 Å². The van der Waals surface area contributed by atoms with Crippen LogP contribution in [0.2, 0.25) is 5.02 Å². The average Bonchev–Trinajstić information content (AvgIpc) is 3.02. The minimum absolute atomic E-state index is 0.328. The molecule has 110 valence electrons. The number of nitrogens with one attached hydrogen (secondary N) is 2. The minimum atomic E-state index is 0.328. The summed E-state index contributed by atoms with van der Waals surface area (Å²) < 4.78 is 2.13. The third-order valence-electron chi connectivity index (χ3n) is 3.51. The van der Waals surface area contributed by atoms with Crippen LogP contribution < -0.4 is 5.32 Å². The predicted molar refractivity (Wildman–Crippen MR) is 84.4 cm³/mol. The molecule has 2 heterocycles. The zero-order valence-electron chi connectivity index (χ0n) is 12.1. The molecule has 2 N–H and O–H groups in total. The molecule has 0 bridgehead atoms. The summed E-state index contributed by atoms with van der Waals surface area (Å²) in [6, 6.07) is 6.00. The Bertz CT molecular complexity index is 745. The van der Waals surface area contributed by atoms with Crippen LogP contribution in [0.3, 0.4) is 0 Å². The Kier molecular flexibility index (Phi) is 3.94. The molecule has 0 amide bonds. The number of aryl methyl sites for hydroxylation is 1. The summed E-state index contributed by atoms with van der Waals surface area (Å²) in [6.45, 7) is 5.74. The summed E-state index contributed by atoms with van der Waals surface area (Å²) in [7, 11) is 0. The first-order chi connectivity index (χ1) is 10.1. The molecule has 0 aliphatic rings. The number of hydrogen-bond acceptors (Lipinski definition) is 3. The van der Waals surface area contributed by atoms with Gasteiger partial charge in [-0.15, -0.1) is 0 Å². The topological polar surface area (TPSA) is 58.5 Å². The van der Waals surface area contributed by atoms with Crippen molar-refractivity contribution in [3.63, 3.8) is 0 Å². The summed E-state index contributed by atoms with van der Waals surface area (Å²) in [5.74, 6) is 1.95. The van der Waals surface area contributed by atoms with E-state index in [4.69, 9.17) is 11.6 Å². The molecular formula is C15H18ClN5. The van der Waals surface area contributed by atoms with Gasteiger partial charge in [-0.1, -0.05) is 11.6 Å². The highest BCUT2D eigenvalue weighted by molar-refractivity contribution is 6.31. The van der Waals surface area contributed by atoms with E-state index in [1.165, 1.54) is 0 Å². The van der Waals surface area contributed by atoms with Crippen LogP contribution in [-0.4, -0.2) is 25.6 Å². The fourth-order valence-electron chi connectivity index (χ4n) is 2.35. The molecule has 0 spiro atoms. The van der Waals surface area contributed by atoms with Crippen molar-refractivity contribution in [3.05, 3.63) is 47.3 Å². The molecule has 3 aromatic rings. The molecule has 0 saturated heterocycles. The van der Waals surface area contributed by atoms with Crippen LogP contribution in [0.5, 0.6) is 0 Å². The lowest BCUT2D eigenvalue weighted by Crippen LogP contribution is -2.30. The van der Waals surface area contributed by atoms with Crippen LogP contribution in [0.4, 0.5) is 0 Å². The molecule has 1 atom stereocenters. The molecule has 5 nitrogen and oxygen atoms in total. The zero-order chi connectivity index (χ0) is 14.8. The van der Waals surface area contributed by atoms with Crippen molar-refractivity contribution in [2.24, 2.45) is 0 Å². The first kappa shape index (κ1) is 14.1. The van der Waals surface area contributed by atoms with Gasteiger partial charge in [0.15, 0.2) is 0 Å². The van der Waals surface area contributed by atoms with Gasteiger partial charge < -0.3 is 14.9 Å². The molecule has 0 radical (unpaired) electrons. The van der Waals surface area contributed by atoms with E-state index in [1.54, 1.807) is 0 Å². The summed E-state index contributed by atoms with van der Waals surface area (Å²) in [5, 5.41) is 4.18. The highest BCUT2D eigenvalue weighted by Crippen LogP contribution is 2.17. The lowest BCUT2D eigenvalue weighted by atomic mass is 10.3. The standard InChI is InChI=1S/C15H18ClN5/c1-10(9-21-6-5-17-11(21)2)18-8-15-19-13-4-3-12(16)7-14(13)20-15/h3-7,10,18H,8-9H2,1-2H3,(H,19,20)/t10-/m1/s1. The third kappa shape index (κ3) is 3.25. The van der Waals surface area contributed by atoms with E-state index in [2.05, 4.69) is 31.8 Å². The molecule has 6 heteroatoms. The van der Waals surface area contributed by atoms with E-state index in [0.29, 0.717) is 12.6 Å². The first-order valence-corrected chi connectivity index (χ1v) is 7.35. The Morgan fingerprint density at radius 1 is 1.43 bits per heavy atom. The molecule has 0 fully saturated rings. The van der Waals surface area contributed by atoms with Gasteiger partial charge in [0.25, 0.3) is 0 Å². The van der Waals surface area contributed by atoms with Gasteiger partial charge in [0.2, 0.25) is 0 Å². The van der Waals surface area contributed by atoms with Crippen LogP contribution in [0.25, 0.3) is 11.0 Å². The van der Waals surface area contributed by atoms with E-state index in [-0.39, 0.29) is 0 Å². The van der Waals surface area contributed by atoms with Crippen molar-refractivity contribution >= 4 is 22.6 Å². The number of imidazole rings is 2. The highest BCUT2D eigenvalue weighted by Gasteiger charge is 2.07. The number of halogens is 1. The molecule has 0 aliphatic carbocycles. The monoisotopic (exact) mass is 303 g/mol. The Morgan fingerprint density at radius 3 is 3.05 bits per heavy atom. The van der Waals surface area contributed by atoms with E-state index < -0.39 is 0 Å². The van der Waals surface area contributed by atoms with E-state index >= 15 is 0 Å². The lowest BCUT2D eigenvalue weighted by Gasteiger charge is -2.14. The summed E-state index contributed by atoms with van der Waals surface area (Å²) in [5.41, 5.74) is 1.91. The highest BCUT2D eigenvalue weighted by atomic mass is 35.5. The van der Waals surface area contributed by atoms with Crippen LogP contribution in [0.1, 0.15) is 18.6 Å². The van der Waals surface area contributed by atoms with E-state index in [0.717, 1.165) is 34.2 Å². The van der Waals surface area contributed by atoms with Gasteiger partial charge in [-0.25, -0.2) is 9.97 Å². The fraction of sp³-hybridized carbons (Fsp3) is 0.333. The van der Waals surface area contributed by atoms with Crippen LogP contribution in [0, 0.1) is 6.92 Å². The number of hydrogen-bond donors (Lipinski definition) is 2. The zero-order valence-corrected chi connectivity index (χ0v) is 12.9. The van der Waals surface area contributed by atoms with Crippen molar-refractivity contribution in [3.8, 4) is 0 Å². The molecule has 0 aliphatic heterocycles. The summed E-state index contributed by atoms with van der Waals surface area (Å²) >= 11 is 5.98. The van der Waals surface area contributed by atoms with E-state index in [9.17, 15) is 0 Å². The second-order valence-electron chi connectivity index (χ2n) is 5.25. The van der Waals surface area contributed by atoms with Gasteiger partial charge in [0.05, 0.1) is 17.6 Å². The summed E-state index contributed by atoms with van der Waals surface area (Å²) in [6.07, 6.45) is 3.82. The number of fused-ring (bicyclic) bond motifs is 1.